The van der Waals surface area contributed by atoms with Gasteiger partial charge in [0.1, 0.15) is 0 Å². The standard InChI is InChI=1S/C15H23ClN2S/c1-4-5-6-7-8-17-15(19)18-14-12(3)9-11(2)10-13(14)16/h9-10H,4-8H2,1-3H3,(H2,17,18,19). The number of nitrogens with one attached hydrogen (secondary N) is 2. The largest absolute Gasteiger partial charge is 0.362 e. The topological polar surface area (TPSA) is 24.1 Å². The lowest BCUT2D eigenvalue weighted by molar-refractivity contribution is 0.655. The number of unbranched alkanes of at least 4 members (excludes halogenated alkanes) is 3. The van der Waals surface area contributed by atoms with Crippen LogP contribution in [0.15, 0.2) is 12.1 Å². The van der Waals surface area contributed by atoms with Crippen LogP contribution in [0.3, 0.4) is 0 Å². The Kier molecular flexibility index (Phi) is 7.17. The van der Waals surface area contributed by atoms with Gasteiger partial charge in [-0.1, -0.05) is 43.9 Å². The second-order valence-corrected chi connectivity index (χ2v) is 5.70. The van der Waals surface area contributed by atoms with Crippen LogP contribution < -0.4 is 10.6 Å². The van der Waals surface area contributed by atoms with E-state index in [4.69, 9.17) is 23.8 Å². The monoisotopic (exact) mass is 298 g/mol. The van der Waals surface area contributed by atoms with Crippen molar-refractivity contribution in [3.8, 4) is 0 Å². The van der Waals surface area contributed by atoms with Crippen molar-refractivity contribution in [2.45, 2.75) is 46.5 Å². The van der Waals surface area contributed by atoms with Crippen LogP contribution in [0, 0.1) is 13.8 Å². The third-order valence-corrected chi connectivity index (χ3v) is 3.53. The zero-order valence-corrected chi connectivity index (χ0v) is 13.5. The average Bonchev–Trinajstić information content (AvgIpc) is 2.33. The molecule has 0 aliphatic rings. The number of hydrogen-bond acceptors (Lipinski definition) is 1. The molecule has 0 amide bonds. The smallest absolute Gasteiger partial charge is 0.170 e. The molecule has 0 spiro atoms. The summed E-state index contributed by atoms with van der Waals surface area (Å²) < 4.78 is 0. The Bertz CT molecular complexity index is 409. The second-order valence-electron chi connectivity index (χ2n) is 4.88. The molecule has 0 radical (unpaired) electrons. The third kappa shape index (κ3) is 5.79. The van der Waals surface area contributed by atoms with E-state index in [2.05, 4.69) is 23.6 Å². The number of hydrogen-bond donors (Lipinski definition) is 2. The Labute approximate surface area is 126 Å². The predicted octanol–water partition coefficient (Wildman–Crippen LogP) is 4.82. The molecule has 0 aliphatic heterocycles. The maximum Gasteiger partial charge on any atom is 0.170 e. The third-order valence-electron chi connectivity index (χ3n) is 2.99. The molecule has 4 heteroatoms. The Hall–Kier alpha value is -0.800. The van der Waals surface area contributed by atoms with E-state index in [0.717, 1.165) is 29.8 Å². The molecule has 0 aromatic heterocycles. The number of thiocarbonyl (C=S) groups is 1. The van der Waals surface area contributed by atoms with Crippen molar-refractivity contribution in [1.82, 2.24) is 5.32 Å². The average molecular weight is 299 g/mol. The van der Waals surface area contributed by atoms with Crippen molar-refractivity contribution in [3.63, 3.8) is 0 Å². The summed E-state index contributed by atoms with van der Waals surface area (Å²) in [4.78, 5) is 0. The molecule has 0 atom stereocenters. The Balaban J connectivity index is 2.44. The molecule has 0 unspecified atom stereocenters. The summed E-state index contributed by atoms with van der Waals surface area (Å²) in [6.45, 7) is 7.19. The van der Waals surface area contributed by atoms with Gasteiger partial charge in [-0.25, -0.2) is 0 Å². The molecule has 106 valence electrons. The maximum atomic E-state index is 6.23. The van der Waals surface area contributed by atoms with Crippen LogP contribution >= 0.6 is 23.8 Å². The zero-order chi connectivity index (χ0) is 14.3. The first-order chi connectivity index (χ1) is 9.04. The van der Waals surface area contributed by atoms with Gasteiger partial charge in [-0.05, 0) is 49.7 Å². The molecule has 0 saturated heterocycles. The molecule has 0 saturated carbocycles. The van der Waals surface area contributed by atoms with Crippen LogP contribution in [0.2, 0.25) is 5.02 Å². The molecule has 0 heterocycles. The van der Waals surface area contributed by atoms with E-state index in [1.54, 1.807) is 0 Å². The lowest BCUT2D eigenvalue weighted by atomic mass is 10.1. The van der Waals surface area contributed by atoms with Crippen molar-refractivity contribution in [1.29, 1.82) is 0 Å². The van der Waals surface area contributed by atoms with Gasteiger partial charge in [-0.3, -0.25) is 0 Å². The highest BCUT2D eigenvalue weighted by atomic mass is 35.5. The lowest BCUT2D eigenvalue weighted by Gasteiger charge is -2.14. The molecule has 19 heavy (non-hydrogen) atoms. The van der Waals surface area contributed by atoms with Crippen LogP contribution in [-0.2, 0) is 0 Å². The number of anilines is 1. The molecular weight excluding hydrogens is 276 g/mol. The quantitative estimate of drug-likeness (QED) is 0.581. The Morgan fingerprint density at radius 3 is 2.58 bits per heavy atom. The normalized spacial score (nSPS) is 10.3. The molecule has 0 fully saturated rings. The van der Waals surface area contributed by atoms with Crippen molar-refractivity contribution in [3.05, 3.63) is 28.3 Å². The predicted molar refractivity (Wildman–Crippen MR) is 89.3 cm³/mol. The van der Waals surface area contributed by atoms with E-state index in [1.807, 2.05) is 19.9 Å². The van der Waals surface area contributed by atoms with Crippen LogP contribution in [-0.4, -0.2) is 11.7 Å². The second kappa shape index (κ2) is 8.39. The SMILES string of the molecule is CCCCCCNC(=S)Nc1c(C)cc(C)cc1Cl. The van der Waals surface area contributed by atoms with E-state index in [0.29, 0.717) is 10.1 Å². The Morgan fingerprint density at radius 2 is 1.95 bits per heavy atom. The summed E-state index contributed by atoms with van der Waals surface area (Å²) in [5.74, 6) is 0. The molecular formula is C15H23ClN2S. The van der Waals surface area contributed by atoms with Crippen LogP contribution in [0.25, 0.3) is 0 Å². The highest BCUT2D eigenvalue weighted by molar-refractivity contribution is 7.80. The molecule has 1 rings (SSSR count). The van der Waals surface area contributed by atoms with Gasteiger partial charge in [0.25, 0.3) is 0 Å². The van der Waals surface area contributed by atoms with Crippen molar-refractivity contribution in [2.24, 2.45) is 0 Å². The minimum absolute atomic E-state index is 0.644. The highest BCUT2D eigenvalue weighted by Crippen LogP contribution is 2.27. The maximum absolute atomic E-state index is 6.23. The lowest BCUT2D eigenvalue weighted by Crippen LogP contribution is -2.29. The summed E-state index contributed by atoms with van der Waals surface area (Å²) in [6.07, 6.45) is 4.93. The van der Waals surface area contributed by atoms with E-state index < -0.39 is 0 Å². The fourth-order valence-electron chi connectivity index (χ4n) is 1.99. The minimum atomic E-state index is 0.644. The van der Waals surface area contributed by atoms with Gasteiger partial charge in [-0.2, -0.15) is 0 Å². The summed E-state index contributed by atoms with van der Waals surface area (Å²) in [5, 5.41) is 7.77. The fraction of sp³-hybridized carbons (Fsp3) is 0.533. The number of aryl methyl sites for hydroxylation is 2. The molecule has 0 bridgehead atoms. The van der Waals surface area contributed by atoms with Gasteiger partial charge in [0.2, 0.25) is 0 Å². The van der Waals surface area contributed by atoms with Crippen molar-refractivity contribution in [2.75, 3.05) is 11.9 Å². The number of benzene rings is 1. The molecule has 2 N–H and O–H groups in total. The van der Waals surface area contributed by atoms with Gasteiger partial charge in [0.05, 0.1) is 10.7 Å². The van der Waals surface area contributed by atoms with Gasteiger partial charge in [-0.15, -0.1) is 0 Å². The van der Waals surface area contributed by atoms with Crippen molar-refractivity contribution < 1.29 is 0 Å². The summed E-state index contributed by atoms with van der Waals surface area (Å²) in [5.41, 5.74) is 3.17. The minimum Gasteiger partial charge on any atom is -0.362 e. The summed E-state index contributed by atoms with van der Waals surface area (Å²) >= 11 is 11.5. The first-order valence-electron chi connectivity index (χ1n) is 6.86. The van der Waals surface area contributed by atoms with Gasteiger partial charge in [0, 0.05) is 6.54 Å². The van der Waals surface area contributed by atoms with Crippen LogP contribution in [0.1, 0.15) is 43.7 Å². The molecule has 2 nitrogen and oxygen atoms in total. The first kappa shape index (κ1) is 16.3. The van der Waals surface area contributed by atoms with E-state index >= 15 is 0 Å². The Morgan fingerprint density at radius 1 is 1.21 bits per heavy atom. The van der Waals surface area contributed by atoms with Crippen LogP contribution in [0.4, 0.5) is 5.69 Å². The number of rotatable bonds is 6. The zero-order valence-electron chi connectivity index (χ0n) is 12.0. The molecule has 0 aliphatic carbocycles. The van der Waals surface area contributed by atoms with Gasteiger partial charge < -0.3 is 10.6 Å². The highest BCUT2D eigenvalue weighted by Gasteiger charge is 2.06. The van der Waals surface area contributed by atoms with Gasteiger partial charge >= 0.3 is 0 Å². The molecule has 1 aromatic carbocycles. The summed E-state index contributed by atoms with van der Waals surface area (Å²) in [6, 6.07) is 4.04. The van der Waals surface area contributed by atoms with Crippen molar-refractivity contribution >= 4 is 34.6 Å². The summed E-state index contributed by atoms with van der Waals surface area (Å²) in [7, 11) is 0. The first-order valence-corrected chi connectivity index (χ1v) is 7.64. The van der Waals surface area contributed by atoms with Crippen LogP contribution in [0.5, 0.6) is 0 Å². The molecule has 1 aromatic rings. The van der Waals surface area contributed by atoms with E-state index in [-0.39, 0.29) is 0 Å². The van der Waals surface area contributed by atoms with Gasteiger partial charge in [0.15, 0.2) is 5.11 Å². The van der Waals surface area contributed by atoms with E-state index in [1.165, 1.54) is 19.3 Å². The number of halogens is 1. The van der Waals surface area contributed by atoms with E-state index in [9.17, 15) is 0 Å². The fourth-order valence-corrected chi connectivity index (χ4v) is 2.56.